The SMILES string of the molecule is C[C@@H]1CCN(C(=O)CCOCCOCCOCCOCCN2C(=O)CC(C(C)(C)C)C2=O)C1. The number of amides is 3. The molecule has 2 atom stereocenters. The molecule has 0 aromatic heterocycles. The number of ether oxygens (including phenoxy) is 4. The molecule has 33 heavy (non-hydrogen) atoms. The number of likely N-dealkylation sites (tertiary alicyclic amines) is 2. The first-order valence-electron chi connectivity index (χ1n) is 12.1. The van der Waals surface area contributed by atoms with Gasteiger partial charge in [-0.25, -0.2) is 0 Å². The number of carbonyl (C=O) groups excluding carboxylic acids is 3. The summed E-state index contributed by atoms with van der Waals surface area (Å²) >= 11 is 0. The maximum absolute atomic E-state index is 12.4. The molecule has 0 spiro atoms. The van der Waals surface area contributed by atoms with Crippen molar-refractivity contribution in [1.29, 1.82) is 0 Å². The van der Waals surface area contributed by atoms with Crippen LogP contribution in [0.2, 0.25) is 0 Å². The Hall–Kier alpha value is -1.55. The summed E-state index contributed by atoms with van der Waals surface area (Å²) < 4.78 is 21.8. The van der Waals surface area contributed by atoms with Crippen LogP contribution in [0.15, 0.2) is 0 Å². The summed E-state index contributed by atoms with van der Waals surface area (Å²) in [5.74, 6) is 0.309. The third-order valence-electron chi connectivity index (χ3n) is 6.10. The highest BCUT2D eigenvalue weighted by molar-refractivity contribution is 6.03. The standard InChI is InChI=1S/C24H42N2O7/c1-19-5-7-25(18-19)21(27)6-9-30-11-13-32-15-16-33-14-12-31-10-8-26-22(28)17-20(23(26)29)24(2,3)4/h19-20H,5-18H2,1-4H3/t19-,20?/m1/s1. The molecule has 0 N–H and O–H groups in total. The normalized spacial score (nSPS) is 21.5. The molecule has 9 nitrogen and oxygen atoms in total. The molecule has 0 aromatic rings. The monoisotopic (exact) mass is 470 g/mol. The van der Waals surface area contributed by atoms with Gasteiger partial charge in [-0.1, -0.05) is 27.7 Å². The van der Waals surface area contributed by atoms with Gasteiger partial charge in [0.15, 0.2) is 0 Å². The summed E-state index contributed by atoms with van der Waals surface area (Å²) in [5, 5.41) is 0. The van der Waals surface area contributed by atoms with Crippen LogP contribution in [-0.4, -0.2) is 100 Å². The minimum absolute atomic E-state index is 0.0960. The Morgan fingerprint density at radius 1 is 0.909 bits per heavy atom. The van der Waals surface area contributed by atoms with E-state index in [1.807, 2.05) is 25.7 Å². The Bertz CT molecular complexity index is 635. The fourth-order valence-electron chi connectivity index (χ4n) is 3.99. The Morgan fingerprint density at radius 3 is 1.94 bits per heavy atom. The van der Waals surface area contributed by atoms with Crippen LogP contribution in [0.25, 0.3) is 0 Å². The number of hydrogen-bond acceptors (Lipinski definition) is 7. The lowest BCUT2D eigenvalue weighted by Gasteiger charge is -2.24. The molecule has 0 radical (unpaired) electrons. The molecule has 2 aliphatic heterocycles. The quantitative estimate of drug-likeness (QED) is 0.266. The van der Waals surface area contributed by atoms with E-state index < -0.39 is 0 Å². The predicted octanol–water partition coefficient (Wildman–Crippen LogP) is 1.73. The molecule has 2 rings (SSSR count). The molecule has 0 bridgehead atoms. The molecule has 0 saturated carbocycles. The van der Waals surface area contributed by atoms with E-state index in [-0.39, 0.29) is 42.0 Å². The van der Waals surface area contributed by atoms with Gasteiger partial charge in [0.05, 0.1) is 71.7 Å². The Balaban J connectivity index is 1.35. The average Bonchev–Trinajstić information content (AvgIpc) is 3.31. The van der Waals surface area contributed by atoms with Crippen LogP contribution in [0.3, 0.4) is 0 Å². The Labute approximate surface area is 198 Å². The fourth-order valence-corrected chi connectivity index (χ4v) is 3.99. The second-order valence-electron chi connectivity index (χ2n) is 9.94. The van der Waals surface area contributed by atoms with Gasteiger partial charge in [-0.2, -0.15) is 0 Å². The molecular formula is C24H42N2O7. The van der Waals surface area contributed by atoms with Gasteiger partial charge in [0.1, 0.15) is 0 Å². The lowest BCUT2D eigenvalue weighted by atomic mass is 9.80. The van der Waals surface area contributed by atoms with Crippen LogP contribution in [0.1, 0.15) is 47.0 Å². The van der Waals surface area contributed by atoms with E-state index in [9.17, 15) is 14.4 Å². The van der Waals surface area contributed by atoms with Gasteiger partial charge in [0, 0.05) is 19.5 Å². The highest BCUT2D eigenvalue weighted by Crippen LogP contribution is 2.35. The van der Waals surface area contributed by atoms with E-state index >= 15 is 0 Å². The zero-order chi connectivity index (χ0) is 24.3. The van der Waals surface area contributed by atoms with Crippen molar-refractivity contribution in [2.45, 2.75) is 47.0 Å². The van der Waals surface area contributed by atoms with Gasteiger partial charge >= 0.3 is 0 Å². The minimum atomic E-state index is -0.250. The summed E-state index contributed by atoms with van der Waals surface area (Å²) in [4.78, 5) is 39.7. The minimum Gasteiger partial charge on any atom is -0.379 e. The molecule has 3 amide bonds. The number of carbonyl (C=O) groups is 3. The topological polar surface area (TPSA) is 94.6 Å². The first-order chi connectivity index (χ1) is 15.7. The smallest absolute Gasteiger partial charge is 0.233 e. The van der Waals surface area contributed by atoms with Crippen molar-refractivity contribution < 1.29 is 33.3 Å². The second-order valence-corrected chi connectivity index (χ2v) is 9.94. The summed E-state index contributed by atoms with van der Waals surface area (Å²) in [5.41, 5.74) is -0.213. The number of hydrogen-bond donors (Lipinski definition) is 0. The van der Waals surface area contributed by atoms with Crippen molar-refractivity contribution in [1.82, 2.24) is 9.80 Å². The maximum Gasteiger partial charge on any atom is 0.233 e. The third kappa shape index (κ3) is 9.68. The zero-order valence-corrected chi connectivity index (χ0v) is 20.8. The van der Waals surface area contributed by atoms with E-state index in [0.29, 0.717) is 65.2 Å². The zero-order valence-electron chi connectivity index (χ0n) is 20.8. The number of imide groups is 1. The van der Waals surface area contributed by atoms with Crippen LogP contribution in [0.5, 0.6) is 0 Å². The van der Waals surface area contributed by atoms with Crippen molar-refractivity contribution >= 4 is 17.7 Å². The van der Waals surface area contributed by atoms with Crippen LogP contribution >= 0.6 is 0 Å². The molecule has 0 aromatic carbocycles. The summed E-state index contributed by atoms with van der Waals surface area (Å²) in [6.07, 6.45) is 1.80. The van der Waals surface area contributed by atoms with Crippen LogP contribution in [0, 0.1) is 17.3 Å². The van der Waals surface area contributed by atoms with Gasteiger partial charge < -0.3 is 23.8 Å². The van der Waals surface area contributed by atoms with Crippen LogP contribution in [-0.2, 0) is 33.3 Å². The van der Waals surface area contributed by atoms with Gasteiger partial charge in [-0.05, 0) is 17.8 Å². The van der Waals surface area contributed by atoms with E-state index in [4.69, 9.17) is 18.9 Å². The van der Waals surface area contributed by atoms with Crippen molar-refractivity contribution in [2.75, 3.05) is 72.5 Å². The Morgan fingerprint density at radius 2 is 1.45 bits per heavy atom. The highest BCUT2D eigenvalue weighted by atomic mass is 16.6. The molecule has 2 saturated heterocycles. The van der Waals surface area contributed by atoms with Crippen molar-refractivity contribution in [3.05, 3.63) is 0 Å². The van der Waals surface area contributed by atoms with Gasteiger partial charge in [0.2, 0.25) is 17.7 Å². The van der Waals surface area contributed by atoms with Gasteiger partial charge in [-0.3, -0.25) is 19.3 Å². The van der Waals surface area contributed by atoms with Crippen molar-refractivity contribution in [3.63, 3.8) is 0 Å². The molecule has 0 aliphatic carbocycles. The summed E-state index contributed by atoms with van der Waals surface area (Å²) in [7, 11) is 0. The summed E-state index contributed by atoms with van der Waals surface area (Å²) in [6, 6.07) is 0. The van der Waals surface area contributed by atoms with E-state index in [2.05, 4.69) is 6.92 Å². The largest absolute Gasteiger partial charge is 0.379 e. The number of rotatable bonds is 15. The molecule has 9 heteroatoms. The van der Waals surface area contributed by atoms with Crippen molar-refractivity contribution in [3.8, 4) is 0 Å². The molecular weight excluding hydrogens is 428 g/mol. The third-order valence-corrected chi connectivity index (χ3v) is 6.10. The predicted molar refractivity (Wildman–Crippen MR) is 123 cm³/mol. The first-order valence-corrected chi connectivity index (χ1v) is 12.1. The molecule has 2 heterocycles. The maximum atomic E-state index is 12.4. The summed E-state index contributed by atoms with van der Waals surface area (Å²) in [6.45, 7) is 13.5. The van der Waals surface area contributed by atoms with E-state index in [1.54, 1.807) is 0 Å². The van der Waals surface area contributed by atoms with Crippen molar-refractivity contribution in [2.24, 2.45) is 17.3 Å². The van der Waals surface area contributed by atoms with Crippen LogP contribution < -0.4 is 0 Å². The highest BCUT2D eigenvalue weighted by Gasteiger charge is 2.44. The van der Waals surface area contributed by atoms with Crippen LogP contribution in [0.4, 0.5) is 0 Å². The van der Waals surface area contributed by atoms with E-state index in [1.165, 1.54) is 4.90 Å². The second kappa shape index (κ2) is 14.0. The lowest BCUT2D eigenvalue weighted by molar-refractivity contribution is -0.141. The lowest BCUT2D eigenvalue weighted by Crippen LogP contribution is -2.36. The van der Waals surface area contributed by atoms with Gasteiger partial charge in [-0.15, -0.1) is 0 Å². The average molecular weight is 471 g/mol. The Kier molecular flexibility index (Phi) is 11.7. The molecule has 2 aliphatic rings. The van der Waals surface area contributed by atoms with Gasteiger partial charge in [0.25, 0.3) is 0 Å². The van der Waals surface area contributed by atoms with E-state index in [0.717, 1.165) is 19.5 Å². The first kappa shape index (κ1) is 27.7. The molecule has 2 fully saturated rings. The molecule has 190 valence electrons. The molecule has 1 unspecified atom stereocenters. The fraction of sp³-hybridized carbons (Fsp3) is 0.875. The number of nitrogens with zero attached hydrogens (tertiary/aromatic N) is 2.